The summed E-state index contributed by atoms with van der Waals surface area (Å²) < 4.78 is 0. The fourth-order valence-electron chi connectivity index (χ4n) is 2.64. The van der Waals surface area contributed by atoms with Gasteiger partial charge in [-0.2, -0.15) is 11.8 Å². The van der Waals surface area contributed by atoms with Crippen LogP contribution in [0.4, 0.5) is 5.69 Å². The monoisotopic (exact) mass is 292 g/mol. The first-order valence-corrected chi connectivity index (χ1v) is 7.80. The van der Waals surface area contributed by atoms with Crippen LogP contribution in [0.1, 0.15) is 15.9 Å². The van der Waals surface area contributed by atoms with Crippen molar-refractivity contribution >= 4 is 29.3 Å². The van der Waals surface area contributed by atoms with E-state index in [0.29, 0.717) is 17.9 Å². The van der Waals surface area contributed by atoms with Crippen LogP contribution in [0.3, 0.4) is 0 Å². The Hall–Kier alpha value is -1.69. The van der Waals surface area contributed by atoms with E-state index in [1.807, 2.05) is 12.1 Å². The smallest absolute Gasteiger partial charge is 0.327 e. The van der Waals surface area contributed by atoms with Gasteiger partial charge in [-0.1, -0.05) is 6.07 Å². The molecule has 2 aliphatic heterocycles. The number of amides is 1. The van der Waals surface area contributed by atoms with Gasteiger partial charge in [0.05, 0.1) is 0 Å². The Labute approximate surface area is 121 Å². The van der Waals surface area contributed by atoms with Crippen LogP contribution in [-0.2, 0) is 11.2 Å². The lowest BCUT2D eigenvalue weighted by molar-refractivity contribution is -0.141. The van der Waals surface area contributed by atoms with Gasteiger partial charge in [0.2, 0.25) is 0 Å². The van der Waals surface area contributed by atoms with Crippen LogP contribution in [0.25, 0.3) is 0 Å². The fraction of sp³-hybridized carbons (Fsp3) is 0.429. The Morgan fingerprint density at radius 2 is 2.25 bits per heavy atom. The number of anilines is 1. The van der Waals surface area contributed by atoms with Gasteiger partial charge in [0, 0.05) is 35.8 Å². The highest BCUT2D eigenvalue weighted by molar-refractivity contribution is 7.99. The van der Waals surface area contributed by atoms with E-state index in [-0.39, 0.29) is 5.91 Å². The van der Waals surface area contributed by atoms with Crippen LogP contribution in [0.15, 0.2) is 18.2 Å². The third-order valence-electron chi connectivity index (χ3n) is 3.74. The second-order valence-corrected chi connectivity index (χ2v) is 6.13. The van der Waals surface area contributed by atoms with Crippen molar-refractivity contribution in [2.45, 2.75) is 12.5 Å². The Morgan fingerprint density at radius 1 is 1.40 bits per heavy atom. The quantitative estimate of drug-likeness (QED) is 0.860. The first-order chi connectivity index (χ1) is 9.66. The van der Waals surface area contributed by atoms with Crippen molar-refractivity contribution in [1.82, 2.24) is 4.90 Å². The molecule has 1 aromatic carbocycles. The summed E-state index contributed by atoms with van der Waals surface area (Å²) in [6.07, 6.45) is 0.974. The second kappa shape index (κ2) is 5.36. The number of hydrogen-bond acceptors (Lipinski definition) is 4. The topological polar surface area (TPSA) is 69.6 Å². The van der Waals surface area contributed by atoms with Crippen molar-refractivity contribution in [3.8, 4) is 0 Å². The zero-order valence-corrected chi connectivity index (χ0v) is 11.8. The summed E-state index contributed by atoms with van der Waals surface area (Å²) in [5.41, 5.74) is 2.77. The molecule has 0 spiro atoms. The number of fused-ring (bicyclic) bond motifs is 1. The average molecular weight is 292 g/mol. The Morgan fingerprint density at radius 3 is 3.05 bits per heavy atom. The summed E-state index contributed by atoms with van der Waals surface area (Å²) in [7, 11) is 0. The Bertz CT molecular complexity index is 561. The van der Waals surface area contributed by atoms with E-state index >= 15 is 0 Å². The molecule has 6 heteroatoms. The molecule has 0 saturated carbocycles. The molecule has 1 atom stereocenters. The molecule has 1 amide bonds. The van der Waals surface area contributed by atoms with Gasteiger partial charge in [-0.3, -0.25) is 4.79 Å². The standard InChI is InChI=1S/C14H16N2O3S/c17-13(16-5-6-20-8-12(16)14(18)19)10-2-1-9-3-4-15-11(9)7-10/h1-2,7,12,15H,3-6,8H2,(H,18,19). The largest absolute Gasteiger partial charge is 0.480 e. The van der Waals surface area contributed by atoms with Gasteiger partial charge in [0.1, 0.15) is 6.04 Å². The predicted octanol–water partition coefficient (Wildman–Crippen LogP) is 1.30. The SMILES string of the molecule is O=C(O)C1CSCCN1C(=O)c1ccc2c(c1)NCC2. The summed E-state index contributed by atoms with van der Waals surface area (Å²) in [6, 6.07) is 4.87. The number of rotatable bonds is 2. The molecule has 106 valence electrons. The molecule has 20 heavy (non-hydrogen) atoms. The average Bonchev–Trinajstić information content (AvgIpc) is 2.93. The molecule has 2 aliphatic rings. The zero-order valence-electron chi connectivity index (χ0n) is 11.0. The van der Waals surface area contributed by atoms with Crippen molar-refractivity contribution in [3.05, 3.63) is 29.3 Å². The molecular formula is C14H16N2O3S. The highest BCUT2D eigenvalue weighted by Crippen LogP contribution is 2.25. The summed E-state index contributed by atoms with van der Waals surface area (Å²) >= 11 is 1.58. The van der Waals surface area contributed by atoms with Crippen LogP contribution in [0, 0.1) is 0 Å². The summed E-state index contributed by atoms with van der Waals surface area (Å²) in [5.74, 6) is 0.141. The van der Waals surface area contributed by atoms with E-state index < -0.39 is 12.0 Å². The first kappa shape index (κ1) is 13.3. The van der Waals surface area contributed by atoms with Gasteiger partial charge in [-0.25, -0.2) is 4.79 Å². The highest BCUT2D eigenvalue weighted by Gasteiger charge is 2.33. The van der Waals surface area contributed by atoms with Gasteiger partial charge in [0.25, 0.3) is 5.91 Å². The first-order valence-electron chi connectivity index (χ1n) is 6.65. The lowest BCUT2D eigenvalue weighted by Gasteiger charge is -2.32. The number of nitrogens with one attached hydrogen (secondary N) is 1. The highest BCUT2D eigenvalue weighted by atomic mass is 32.2. The molecule has 2 heterocycles. The minimum atomic E-state index is -0.926. The lowest BCUT2D eigenvalue weighted by atomic mass is 10.1. The lowest BCUT2D eigenvalue weighted by Crippen LogP contribution is -2.50. The van der Waals surface area contributed by atoms with Crippen molar-refractivity contribution in [3.63, 3.8) is 0 Å². The van der Waals surface area contributed by atoms with E-state index in [9.17, 15) is 14.7 Å². The number of hydrogen-bond donors (Lipinski definition) is 2. The number of carbonyl (C=O) groups excluding carboxylic acids is 1. The van der Waals surface area contributed by atoms with Crippen LogP contribution in [0.2, 0.25) is 0 Å². The van der Waals surface area contributed by atoms with E-state index in [2.05, 4.69) is 5.32 Å². The molecule has 0 bridgehead atoms. The molecule has 0 radical (unpaired) electrons. The second-order valence-electron chi connectivity index (χ2n) is 4.98. The molecule has 1 unspecified atom stereocenters. The number of carboxylic acid groups (broad SMARTS) is 1. The Balaban J connectivity index is 1.85. The minimum Gasteiger partial charge on any atom is -0.480 e. The van der Waals surface area contributed by atoms with Gasteiger partial charge < -0.3 is 15.3 Å². The number of aliphatic carboxylic acids is 1. The summed E-state index contributed by atoms with van der Waals surface area (Å²) in [5, 5.41) is 12.5. The van der Waals surface area contributed by atoms with Gasteiger partial charge in [-0.15, -0.1) is 0 Å². The maximum absolute atomic E-state index is 12.5. The summed E-state index contributed by atoms with van der Waals surface area (Å²) in [4.78, 5) is 25.3. The van der Waals surface area contributed by atoms with Gasteiger partial charge in [-0.05, 0) is 24.1 Å². The molecule has 2 N–H and O–H groups in total. The van der Waals surface area contributed by atoms with E-state index in [4.69, 9.17) is 0 Å². The molecule has 0 aliphatic carbocycles. The molecule has 5 nitrogen and oxygen atoms in total. The van der Waals surface area contributed by atoms with Crippen molar-refractivity contribution in [2.24, 2.45) is 0 Å². The fourth-order valence-corrected chi connectivity index (χ4v) is 3.68. The minimum absolute atomic E-state index is 0.186. The van der Waals surface area contributed by atoms with Crippen LogP contribution >= 0.6 is 11.8 Å². The number of carbonyl (C=O) groups is 2. The molecule has 1 fully saturated rings. The predicted molar refractivity (Wildman–Crippen MR) is 78.4 cm³/mol. The van der Waals surface area contributed by atoms with E-state index in [0.717, 1.165) is 24.4 Å². The normalized spacial score (nSPS) is 21.2. The van der Waals surface area contributed by atoms with Gasteiger partial charge in [0.15, 0.2) is 0 Å². The number of thioether (sulfide) groups is 1. The molecule has 0 aromatic heterocycles. The molecule has 3 rings (SSSR count). The third-order valence-corrected chi connectivity index (χ3v) is 4.76. The molecular weight excluding hydrogens is 276 g/mol. The molecule has 1 saturated heterocycles. The van der Waals surface area contributed by atoms with Crippen LogP contribution < -0.4 is 5.32 Å². The third kappa shape index (κ3) is 2.35. The maximum atomic E-state index is 12.5. The molecule has 1 aromatic rings. The van der Waals surface area contributed by atoms with Crippen molar-refractivity contribution in [2.75, 3.05) is 29.9 Å². The zero-order chi connectivity index (χ0) is 14.1. The van der Waals surface area contributed by atoms with Crippen molar-refractivity contribution in [1.29, 1.82) is 0 Å². The Kier molecular flexibility index (Phi) is 3.56. The van der Waals surface area contributed by atoms with Crippen LogP contribution in [-0.4, -0.2) is 52.5 Å². The summed E-state index contributed by atoms with van der Waals surface area (Å²) in [6.45, 7) is 1.38. The van der Waals surface area contributed by atoms with Crippen LogP contribution in [0.5, 0.6) is 0 Å². The van der Waals surface area contributed by atoms with Crippen molar-refractivity contribution < 1.29 is 14.7 Å². The van der Waals surface area contributed by atoms with Gasteiger partial charge >= 0.3 is 5.97 Å². The maximum Gasteiger partial charge on any atom is 0.327 e. The number of benzene rings is 1. The van der Waals surface area contributed by atoms with E-state index in [1.165, 1.54) is 10.5 Å². The number of nitrogens with zero attached hydrogens (tertiary/aromatic N) is 1. The number of carboxylic acids is 1. The van der Waals surface area contributed by atoms with E-state index in [1.54, 1.807) is 17.8 Å².